The van der Waals surface area contributed by atoms with Crippen molar-refractivity contribution in [3.63, 3.8) is 0 Å². The summed E-state index contributed by atoms with van der Waals surface area (Å²) < 4.78 is 5.15. The first-order valence-electron chi connectivity index (χ1n) is 5.65. The monoisotopic (exact) mass is 263 g/mol. The summed E-state index contributed by atoms with van der Waals surface area (Å²) >= 11 is 6.03. The number of ether oxygens (including phenoxy) is 1. The second-order valence-electron chi connectivity index (χ2n) is 5.11. The van der Waals surface area contributed by atoms with Gasteiger partial charge in [0, 0.05) is 10.4 Å². The summed E-state index contributed by atoms with van der Waals surface area (Å²) in [7, 11) is 0. The van der Waals surface area contributed by atoms with E-state index in [4.69, 9.17) is 16.3 Å². The summed E-state index contributed by atoms with van der Waals surface area (Å²) in [5, 5.41) is 0.581. The van der Waals surface area contributed by atoms with Gasteiger partial charge in [0.05, 0.1) is 0 Å². The zero-order chi connectivity index (χ0) is 13.3. The van der Waals surface area contributed by atoms with E-state index >= 15 is 0 Å². The summed E-state index contributed by atoms with van der Waals surface area (Å²) in [6.45, 7) is 5.83. The van der Waals surface area contributed by atoms with Crippen LogP contribution in [0.3, 0.4) is 0 Å². The number of hydrogen-bond acceptors (Lipinski definition) is 3. The van der Waals surface area contributed by atoms with Gasteiger partial charge in [-0.2, -0.15) is 0 Å². The number of rotatable bonds is 1. The van der Waals surface area contributed by atoms with E-state index in [2.05, 4.69) is 4.99 Å². The Kier molecular flexibility index (Phi) is 3.26. The molecule has 0 bridgehead atoms. The molecular weight excluding hydrogens is 250 g/mol. The molecule has 94 valence electrons. The highest BCUT2D eigenvalue weighted by molar-refractivity contribution is 6.32. The smallest absolute Gasteiger partial charge is 0.363 e. The van der Waals surface area contributed by atoms with E-state index in [1.807, 2.05) is 39.0 Å². The molecule has 3 nitrogen and oxygen atoms in total. The van der Waals surface area contributed by atoms with Crippen LogP contribution in [0.1, 0.15) is 26.3 Å². The fraction of sp³-hybridized carbons (Fsp3) is 0.286. The van der Waals surface area contributed by atoms with Gasteiger partial charge in [0.1, 0.15) is 0 Å². The maximum Gasteiger partial charge on any atom is 0.363 e. The molecule has 1 aromatic carbocycles. The van der Waals surface area contributed by atoms with E-state index in [1.54, 1.807) is 12.1 Å². The summed E-state index contributed by atoms with van der Waals surface area (Å²) in [4.78, 5) is 15.9. The van der Waals surface area contributed by atoms with Crippen LogP contribution in [-0.2, 0) is 9.53 Å². The molecule has 0 radical (unpaired) electrons. The average Bonchev–Trinajstić information content (AvgIpc) is 2.63. The molecule has 0 saturated carbocycles. The number of halogens is 1. The standard InChI is InChI=1S/C14H14ClNO2/c1-14(2,3)13-16-11(12(17)18-13)8-9-6-4-5-7-10(9)15/h4-8H,1-3H3/b11-8-. The number of nitrogens with zero attached hydrogens (tertiary/aromatic N) is 1. The molecule has 1 aromatic rings. The molecule has 2 rings (SSSR count). The molecule has 0 fully saturated rings. The van der Waals surface area contributed by atoms with Gasteiger partial charge in [-0.05, 0) is 17.7 Å². The second-order valence-corrected chi connectivity index (χ2v) is 5.51. The van der Waals surface area contributed by atoms with Crippen molar-refractivity contribution < 1.29 is 9.53 Å². The highest BCUT2D eigenvalue weighted by Gasteiger charge is 2.31. The van der Waals surface area contributed by atoms with E-state index in [1.165, 1.54) is 0 Å². The van der Waals surface area contributed by atoms with Gasteiger partial charge >= 0.3 is 5.97 Å². The van der Waals surface area contributed by atoms with Crippen molar-refractivity contribution >= 4 is 29.5 Å². The number of aliphatic imine (C=N–C) groups is 1. The van der Waals surface area contributed by atoms with Crippen molar-refractivity contribution in [2.75, 3.05) is 0 Å². The van der Waals surface area contributed by atoms with Crippen molar-refractivity contribution in [2.24, 2.45) is 10.4 Å². The topological polar surface area (TPSA) is 38.7 Å². The van der Waals surface area contributed by atoms with E-state index in [0.29, 0.717) is 10.9 Å². The third kappa shape index (κ3) is 2.62. The molecule has 0 atom stereocenters. The minimum atomic E-state index is -0.431. The normalized spacial score (nSPS) is 17.9. The fourth-order valence-corrected chi connectivity index (χ4v) is 1.66. The summed E-state index contributed by atoms with van der Waals surface area (Å²) in [6, 6.07) is 7.28. The molecule has 0 aromatic heterocycles. The van der Waals surface area contributed by atoms with Crippen LogP contribution in [0.15, 0.2) is 35.0 Å². The first kappa shape index (κ1) is 12.8. The predicted octanol–water partition coefficient (Wildman–Crippen LogP) is 3.68. The van der Waals surface area contributed by atoms with Gasteiger partial charge in [-0.1, -0.05) is 50.6 Å². The molecular formula is C14H14ClNO2. The molecule has 1 aliphatic rings. The Morgan fingerprint density at radius 3 is 2.50 bits per heavy atom. The van der Waals surface area contributed by atoms with Crippen LogP contribution >= 0.6 is 11.6 Å². The first-order valence-corrected chi connectivity index (χ1v) is 6.03. The van der Waals surface area contributed by atoms with Crippen LogP contribution in [0.25, 0.3) is 6.08 Å². The number of carbonyl (C=O) groups is 1. The number of cyclic esters (lactones) is 1. The Balaban J connectivity index is 2.38. The van der Waals surface area contributed by atoms with E-state index in [-0.39, 0.29) is 11.1 Å². The Bertz CT molecular complexity index is 553. The average molecular weight is 264 g/mol. The van der Waals surface area contributed by atoms with Crippen LogP contribution in [-0.4, -0.2) is 11.9 Å². The fourth-order valence-electron chi connectivity index (χ4n) is 1.47. The van der Waals surface area contributed by atoms with Gasteiger partial charge in [0.15, 0.2) is 5.70 Å². The van der Waals surface area contributed by atoms with Crippen molar-refractivity contribution in [3.8, 4) is 0 Å². The van der Waals surface area contributed by atoms with E-state index in [0.717, 1.165) is 5.56 Å². The van der Waals surface area contributed by atoms with Crippen LogP contribution in [0, 0.1) is 5.41 Å². The molecule has 0 spiro atoms. The quantitative estimate of drug-likeness (QED) is 0.573. The molecule has 0 saturated heterocycles. The lowest BCUT2D eigenvalue weighted by atomic mass is 9.97. The maximum atomic E-state index is 11.7. The number of hydrogen-bond donors (Lipinski definition) is 0. The molecule has 4 heteroatoms. The molecule has 1 aliphatic heterocycles. The summed E-state index contributed by atoms with van der Waals surface area (Å²) in [5.74, 6) is 0.00523. The van der Waals surface area contributed by atoms with E-state index in [9.17, 15) is 4.79 Å². The van der Waals surface area contributed by atoms with Crippen molar-refractivity contribution in [3.05, 3.63) is 40.5 Å². The highest BCUT2D eigenvalue weighted by atomic mass is 35.5. The largest absolute Gasteiger partial charge is 0.406 e. The molecule has 0 amide bonds. The third-order valence-electron chi connectivity index (χ3n) is 2.46. The summed E-state index contributed by atoms with van der Waals surface area (Å²) in [6.07, 6.45) is 1.64. The Morgan fingerprint density at radius 1 is 1.28 bits per heavy atom. The van der Waals surface area contributed by atoms with Gasteiger partial charge in [-0.3, -0.25) is 0 Å². The maximum absolute atomic E-state index is 11.7. The van der Waals surface area contributed by atoms with Gasteiger partial charge in [-0.15, -0.1) is 0 Å². The van der Waals surface area contributed by atoms with Gasteiger partial charge in [-0.25, -0.2) is 9.79 Å². The van der Waals surface area contributed by atoms with Gasteiger partial charge in [0.25, 0.3) is 0 Å². The minimum absolute atomic E-state index is 0.285. The second kappa shape index (κ2) is 4.58. The third-order valence-corrected chi connectivity index (χ3v) is 2.80. The lowest BCUT2D eigenvalue weighted by molar-refractivity contribution is -0.130. The van der Waals surface area contributed by atoms with Crippen molar-refractivity contribution in [2.45, 2.75) is 20.8 Å². The molecule has 0 N–H and O–H groups in total. The van der Waals surface area contributed by atoms with Crippen molar-refractivity contribution in [1.82, 2.24) is 0 Å². The van der Waals surface area contributed by atoms with Crippen molar-refractivity contribution in [1.29, 1.82) is 0 Å². The van der Waals surface area contributed by atoms with Crippen LogP contribution < -0.4 is 0 Å². The first-order chi connectivity index (χ1) is 8.38. The Hall–Kier alpha value is -1.61. The lowest BCUT2D eigenvalue weighted by Crippen LogP contribution is -2.21. The van der Waals surface area contributed by atoms with Gasteiger partial charge < -0.3 is 4.74 Å². The molecule has 0 aliphatic carbocycles. The predicted molar refractivity (Wildman–Crippen MR) is 72.4 cm³/mol. The number of esters is 1. The number of benzene rings is 1. The minimum Gasteiger partial charge on any atom is -0.406 e. The lowest BCUT2D eigenvalue weighted by Gasteiger charge is -2.15. The van der Waals surface area contributed by atoms with Crippen LogP contribution in [0.5, 0.6) is 0 Å². The zero-order valence-electron chi connectivity index (χ0n) is 10.5. The number of carbonyl (C=O) groups excluding carboxylic acids is 1. The highest BCUT2D eigenvalue weighted by Crippen LogP contribution is 2.27. The molecule has 0 unspecified atom stereocenters. The van der Waals surface area contributed by atoms with Crippen LogP contribution in [0.4, 0.5) is 0 Å². The van der Waals surface area contributed by atoms with Crippen LogP contribution in [0.2, 0.25) is 5.02 Å². The summed E-state index contributed by atoms with van der Waals surface area (Å²) in [5.41, 5.74) is 0.754. The zero-order valence-corrected chi connectivity index (χ0v) is 11.3. The molecule has 18 heavy (non-hydrogen) atoms. The molecule has 1 heterocycles. The van der Waals surface area contributed by atoms with Gasteiger partial charge in [0.2, 0.25) is 5.90 Å². The Labute approximate surface area is 111 Å². The SMILES string of the molecule is CC(C)(C)C1=N/C(=C\c2ccccc2Cl)C(=O)O1. The van der Waals surface area contributed by atoms with E-state index < -0.39 is 5.97 Å². The Morgan fingerprint density at radius 2 is 1.94 bits per heavy atom.